The van der Waals surface area contributed by atoms with Gasteiger partial charge in [0.25, 0.3) is 0 Å². The summed E-state index contributed by atoms with van der Waals surface area (Å²) in [6, 6.07) is 11.4. The molecule has 0 radical (unpaired) electrons. The number of carbonyl (C=O) groups excluding carboxylic acids is 1. The zero-order chi connectivity index (χ0) is 17.6. The number of nitrogens with one attached hydrogen (secondary N) is 2. The van der Waals surface area contributed by atoms with E-state index < -0.39 is 0 Å². The van der Waals surface area contributed by atoms with E-state index in [-0.39, 0.29) is 5.91 Å². The van der Waals surface area contributed by atoms with Gasteiger partial charge in [-0.2, -0.15) is 0 Å². The van der Waals surface area contributed by atoms with Gasteiger partial charge in [0.15, 0.2) is 0 Å². The fourth-order valence-corrected chi connectivity index (χ4v) is 3.22. The Morgan fingerprint density at radius 1 is 1.12 bits per heavy atom. The van der Waals surface area contributed by atoms with Crippen LogP contribution in [0.15, 0.2) is 36.4 Å². The number of hydrogen-bond donors (Lipinski definition) is 2. The van der Waals surface area contributed by atoms with Crippen molar-refractivity contribution in [3.8, 4) is 5.75 Å². The predicted molar refractivity (Wildman–Crippen MR) is 100 cm³/mol. The summed E-state index contributed by atoms with van der Waals surface area (Å²) in [5, 5.41) is 7.31. The van der Waals surface area contributed by atoms with Crippen LogP contribution < -0.4 is 15.4 Å². The molecule has 1 aliphatic rings. The Morgan fingerprint density at radius 3 is 2.80 bits per heavy atom. The first-order valence-corrected chi connectivity index (χ1v) is 9.03. The number of fused-ring (bicyclic) bond motifs is 1. The largest absolute Gasteiger partial charge is 0.492 e. The van der Waals surface area contributed by atoms with Crippen molar-refractivity contribution in [2.24, 2.45) is 0 Å². The van der Waals surface area contributed by atoms with Gasteiger partial charge >= 0.3 is 0 Å². The van der Waals surface area contributed by atoms with Gasteiger partial charge in [-0.25, -0.2) is 0 Å². The van der Waals surface area contributed by atoms with E-state index in [9.17, 15) is 4.79 Å². The number of halogens is 2. The van der Waals surface area contributed by atoms with Crippen LogP contribution in [0.5, 0.6) is 5.75 Å². The highest BCUT2D eigenvalue weighted by atomic mass is 35.5. The summed E-state index contributed by atoms with van der Waals surface area (Å²) in [7, 11) is 0. The number of hydrogen-bond acceptors (Lipinski definition) is 3. The molecule has 25 heavy (non-hydrogen) atoms. The molecule has 0 aromatic heterocycles. The van der Waals surface area contributed by atoms with Crippen LogP contribution >= 0.6 is 23.2 Å². The van der Waals surface area contributed by atoms with Gasteiger partial charge in [-0.1, -0.05) is 41.4 Å². The van der Waals surface area contributed by atoms with Crippen molar-refractivity contribution in [2.75, 3.05) is 6.61 Å². The standard InChI is InChI=1S/C19H20Cl2N2O2/c20-16-5-6-18(17(21)9-16)25-7-1-2-19(24)23-10-13-3-4-14-11-22-12-15(14)8-13/h3-6,8-9,22H,1-2,7,10-12H2,(H,23,24). The maximum absolute atomic E-state index is 12.0. The van der Waals surface area contributed by atoms with E-state index in [0.717, 1.165) is 18.7 Å². The van der Waals surface area contributed by atoms with Gasteiger partial charge in [-0.15, -0.1) is 0 Å². The van der Waals surface area contributed by atoms with Crippen LogP contribution in [0.2, 0.25) is 10.0 Å². The predicted octanol–water partition coefficient (Wildman–Crippen LogP) is 4.07. The molecule has 0 saturated carbocycles. The molecule has 132 valence electrons. The molecule has 0 spiro atoms. The number of ether oxygens (including phenoxy) is 1. The Labute approximate surface area is 157 Å². The van der Waals surface area contributed by atoms with Gasteiger partial charge in [0, 0.05) is 31.1 Å². The lowest BCUT2D eigenvalue weighted by Crippen LogP contribution is -2.23. The normalized spacial score (nSPS) is 12.7. The summed E-state index contributed by atoms with van der Waals surface area (Å²) in [6.45, 7) is 2.82. The van der Waals surface area contributed by atoms with Crippen LogP contribution in [-0.2, 0) is 24.4 Å². The molecule has 1 amide bonds. The van der Waals surface area contributed by atoms with Crippen molar-refractivity contribution >= 4 is 29.1 Å². The molecule has 0 unspecified atom stereocenters. The molecule has 1 heterocycles. The van der Waals surface area contributed by atoms with E-state index in [1.54, 1.807) is 18.2 Å². The zero-order valence-electron chi connectivity index (χ0n) is 13.8. The molecule has 2 aromatic carbocycles. The van der Waals surface area contributed by atoms with Crippen molar-refractivity contribution in [3.63, 3.8) is 0 Å². The molecule has 0 saturated heterocycles. The third-order valence-corrected chi connectivity index (χ3v) is 4.62. The van der Waals surface area contributed by atoms with Gasteiger partial charge in [-0.3, -0.25) is 4.79 Å². The van der Waals surface area contributed by atoms with Crippen LogP contribution in [0.4, 0.5) is 0 Å². The van der Waals surface area contributed by atoms with E-state index in [4.69, 9.17) is 27.9 Å². The maximum atomic E-state index is 12.0. The van der Waals surface area contributed by atoms with Crippen LogP contribution in [0.3, 0.4) is 0 Å². The lowest BCUT2D eigenvalue weighted by atomic mass is 10.1. The summed E-state index contributed by atoms with van der Waals surface area (Å²) in [5.41, 5.74) is 3.79. The van der Waals surface area contributed by atoms with Crippen LogP contribution in [0, 0.1) is 0 Å². The first kappa shape index (κ1) is 18.1. The molecule has 3 rings (SSSR count). The minimum Gasteiger partial charge on any atom is -0.492 e. The summed E-state index contributed by atoms with van der Waals surface area (Å²) in [4.78, 5) is 12.0. The van der Waals surface area contributed by atoms with Crippen molar-refractivity contribution in [3.05, 3.63) is 63.1 Å². The molecule has 4 nitrogen and oxygen atoms in total. The quantitative estimate of drug-likeness (QED) is 0.713. The SMILES string of the molecule is O=C(CCCOc1ccc(Cl)cc1Cl)NCc1ccc2c(c1)CNC2. The van der Waals surface area contributed by atoms with Gasteiger partial charge < -0.3 is 15.4 Å². The monoisotopic (exact) mass is 378 g/mol. The third-order valence-electron chi connectivity index (χ3n) is 4.09. The summed E-state index contributed by atoms with van der Waals surface area (Å²) >= 11 is 11.9. The second-order valence-corrected chi connectivity index (χ2v) is 6.85. The molecule has 2 N–H and O–H groups in total. The Kier molecular flexibility index (Phi) is 6.19. The average molecular weight is 379 g/mol. The second-order valence-electron chi connectivity index (χ2n) is 6.01. The highest BCUT2D eigenvalue weighted by Gasteiger charge is 2.10. The summed E-state index contributed by atoms with van der Waals surface area (Å²) < 4.78 is 5.58. The minimum absolute atomic E-state index is 0.0180. The fraction of sp³-hybridized carbons (Fsp3) is 0.316. The maximum Gasteiger partial charge on any atom is 0.220 e. The Hall–Kier alpha value is -1.75. The zero-order valence-corrected chi connectivity index (χ0v) is 15.3. The molecule has 6 heteroatoms. The Balaban J connectivity index is 1.37. The van der Waals surface area contributed by atoms with Gasteiger partial charge in [0.05, 0.1) is 11.6 Å². The second kappa shape index (κ2) is 8.56. The van der Waals surface area contributed by atoms with E-state index in [2.05, 4.69) is 28.8 Å². The molecular formula is C19H20Cl2N2O2. The lowest BCUT2D eigenvalue weighted by molar-refractivity contribution is -0.121. The van der Waals surface area contributed by atoms with Crippen LogP contribution in [0.25, 0.3) is 0 Å². The highest BCUT2D eigenvalue weighted by Crippen LogP contribution is 2.27. The molecule has 1 aliphatic heterocycles. The van der Waals surface area contributed by atoms with E-state index in [0.29, 0.717) is 41.8 Å². The van der Waals surface area contributed by atoms with Gasteiger partial charge in [-0.05, 0) is 41.3 Å². The number of carbonyl (C=O) groups is 1. The van der Waals surface area contributed by atoms with Crippen molar-refractivity contribution < 1.29 is 9.53 Å². The van der Waals surface area contributed by atoms with Gasteiger partial charge in [0.2, 0.25) is 5.91 Å². The fourth-order valence-electron chi connectivity index (χ4n) is 2.75. The lowest BCUT2D eigenvalue weighted by Gasteiger charge is -2.09. The number of rotatable bonds is 7. The minimum atomic E-state index is 0.0180. The van der Waals surface area contributed by atoms with Crippen molar-refractivity contribution in [1.29, 1.82) is 0 Å². The Bertz CT molecular complexity index is 765. The third kappa shape index (κ3) is 5.11. The highest BCUT2D eigenvalue weighted by molar-refractivity contribution is 6.35. The number of amides is 1. The molecular weight excluding hydrogens is 359 g/mol. The van der Waals surface area contributed by atoms with Crippen LogP contribution in [-0.4, -0.2) is 12.5 Å². The first-order chi connectivity index (χ1) is 12.1. The summed E-state index contributed by atoms with van der Waals surface area (Å²) in [6.07, 6.45) is 1.04. The first-order valence-electron chi connectivity index (χ1n) is 8.28. The van der Waals surface area contributed by atoms with Crippen molar-refractivity contribution in [1.82, 2.24) is 10.6 Å². The molecule has 0 bridgehead atoms. The smallest absolute Gasteiger partial charge is 0.220 e. The molecule has 0 fully saturated rings. The van der Waals surface area contributed by atoms with E-state index in [1.165, 1.54) is 11.1 Å². The summed E-state index contributed by atoms with van der Waals surface area (Å²) in [5.74, 6) is 0.600. The van der Waals surface area contributed by atoms with E-state index in [1.807, 2.05) is 0 Å². The topological polar surface area (TPSA) is 50.4 Å². The molecule has 2 aromatic rings. The molecule has 0 atom stereocenters. The number of benzene rings is 2. The average Bonchev–Trinajstić information content (AvgIpc) is 3.06. The Morgan fingerprint density at radius 2 is 1.96 bits per heavy atom. The van der Waals surface area contributed by atoms with Crippen molar-refractivity contribution in [2.45, 2.75) is 32.5 Å². The van der Waals surface area contributed by atoms with Gasteiger partial charge in [0.1, 0.15) is 5.75 Å². The molecule has 0 aliphatic carbocycles. The van der Waals surface area contributed by atoms with E-state index >= 15 is 0 Å². The van der Waals surface area contributed by atoms with Crippen LogP contribution in [0.1, 0.15) is 29.5 Å².